The quantitative estimate of drug-likeness (QED) is 0.843. The van der Waals surface area contributed by atoms with Gasteiger partial charge in [-0.1, -0.05) is 19.1 Å². The van der Waals surface area contributed by atoms with Crippen molar-refractivity contribution in [1.82, 2.24) is 14.1 Å². The van der Waals surface area contributed by atoms with Crippen molar-refractivity contribution >= 4 is 10.0 Å². The maximum atomic E-state index is 13.0. The maximum Gasteiger partial charge on any atom is 0.260 e. The highest BCUT2D eigenvalue weighted by atomic mass is 32.2. The third kappa shape index (κ3) is 3.16. The Balaban J connectivity index is 1.80. The van der Waals surface area contributed by atoms with Gasteiger partial charge in [-0.05, 0) is 42.5 Å². The van der Waals surface area contributed by atoms with Crippen molar-refractivity contribution in [2.45, 2.75) is 37.3 Å². The summed E-state index contributed by atoms with van der Waals surface area (Å²) in [4.78, 5) is 0. The molecule has 2 heterocycles. The van der Waals surface area contributed by atoms with Gasteiger partial charge in [0.2, 0.25) is 0 Å². The Morgan fingerprint density at radius 1 is 1.26 bits per heavy atom. The van der Waals surface area contributed by atoms with Crippen LogP contribution in [0.1, 0.15) is 31.2 Å². The molecule has 1 aliphatic heterocycles. The van der Waals surface area contributed by atoms with Crippen LogP contribution in [0.2, 0.25) is 0 Å². The summed E-state index contributed by atoms with van der Waals surface area (Å²) in [7, 11) is -3.54. The molecule has 23 heavy (non-hydrogen) atoms. The number of hydrogen-bond donors (Lipinski definition) is 0. The summed E-state index contributed by atoms with van der Waals surface area (Å²) in [6.07, 6.45) is 3.09. The molecule has 5 nitrogen and oxygen atoms in total. The van der Waals surface area contributed by atoms with Crippen LogP contribution < -0.4 is 0 Å². The average Bonchev–Trinajstić information content (AvgIpc) is 3.18. The molecule has 1 aliphatic rings. The fourth-order valence-electron chi connectivity index (χ4n) is 3.01. The molecule has 0 bridgehead atoms. The highest BCUT2D eigenvalue weighted by Gasteiger charge is 2.34. The van der Waals surface area contributed by atoms with Crippen molar-refractivity contribution in [3.05, 3.63) is 47.9 Å². The number of hydrogen-bond acceptors (Lipinski definition) is 3. The van der Waals surface area contributed by atoms with E-state index in [1.807, 2.05) is 6.92 Å². The largest absolute Gasteiger partial charge is 0.260 e. The fraction of sp³-hybridized carbons (Fsp3) is 0.438. The predicted octanol–water partition coefficient (Wildman–Crippen LogP) is 2.61. The molecule has 1 saturated heterocycles. The molecule has 7 heteroatoms. The standard InChI is InChI=1S/C16H20FN3O2S/c1-2-10-20-16(7-9-18-20)23(21,22)19-11-8-14(12-19)13-3-5-15(17)6-4-13/h3-7,9,14H,2,8,10-12H2,1H3/t14-/m0/s1. The van der Waals surface area contributed by atoms with E-state index < -0.39 is 10.0 Å². The summed E-state index contributed by atoms with van der Waals surface area (Å²) in [5.74, 6) is -0.174. The van der Waals surface area contributed by atoms with Gasteiger partial charge < -0.3 is 0 Å². The molecule has 0 N–H and O–H groups in total. The van der Waals surface area contributed by atoms with Crippen LogP contribution in [-0.2, 0) is 16.6 Å². The molecule has 0 unspecified atom stereocenters. The molecule has 0 aliphatic carbocycles. The molecule has 0 radical (unpaired) electrons. The van der Waals surface area contributed by atoms with Gasteiger partial charge in [-0.25, -0.2) is 12.8 Å². The Morgan fingerprint density at radius 3 is 2.70 bits per heavy atom. The Hall–Kier alpha value is -1.73. The number of rotatable bonds is 5. The normalized spacial score (nSPS) is 19.3. The molecule has 0 saturated carbocycles. The van der Waals surface area contributed by atoms with E-state index in [1.54, 1.807) is 22.9 Å². The van der Waals surface area contributed by atoms with E-state index in [2.05, 4.69) is 5.10 Å². The van der Waals surface area contributed by atoms with Gasteiger partial charge in [0.05, 0.1) is 6.20 Å². The third-order valence-electron chi connectivity index (χ3n) is 4.21. The summed E-state index contributed by atoms with van der Waals surface area (Å²) in [5.41, 5.74) is 0.978. The number of sulfonamides is 1. The van der Waals surface area contributed by atoms with Gasteiger partial charge in [-0.15, -0.1) is 0 Å². The van der Waals surface area contributed by atoms with Crippen molar-refractivity contribution in [3.63, 3.8) is 0 Å². The molecule has 1 aromatic carbocycles. The van der Waals surface area contributed by atoms with Crippen molar-refractivity contribution in [2.75, 3.05) is 13.1 Å². The molecule has 3 rings (SSSR count). The predicted molar refractivity (Wildman–Crippen MR) is 85.0 cm³/mol. The zero-order valence-electron chi connectivity index (χ0n) is 13.0. The van der Waals surface area contributed by atoms with Gasteiger partial charge in [-0.3, -0.25) is 4.68 Å². The van der Waals surface area contributed by atoms with Crippen LogP contribution in [0.15, 0.2) is 41.6 Å². The smallest absolute Gasteiger partial charge is 0.253 e. The zero-order valence-corrected chi connectivity index (χ0v) is 13.8. The second kappa shape index (κ2) is 6.41. The summed E-state index contributed by atoms with van der Waals surface area (Å²) in [5, 5.41) is 4.35. The van der Waals surface area contributed by atoms with Crippen LogP contribution in [0.5, 0.6) is 0 Å². The molecule has 2 aromatic rings. The lowest BCUT2D eigenvalue weighted by Crippen LogP contribution is -2.30. The zero-order chi connectivity index (χ0) is 16.4. The van der Waals surface area contributed by atoms with Gasteiger partial charge >= 0.3 is 0 Å². The van der Waals surface area contributed by atoms with E-state index >= 15 is 0 Å². The lowest BCUT2D eigenvalue weighted by molar-refractivity contribution is 0.454. The molecular weight excluding hydrogens is 317 g/mol. The summed E-state index contributed by atoms with van der Waals surface area (Å²) >= 11 is 0. The van der Waals surface area contributed by atoms with Crippen LogP contribution in [0.3, 0.4) is 0 Å². The molecule has 0 spiro atoms. The first kappa shape index (κ1) is 16.1. The van der Waals surface area contributed by atoms with Crippen molar-refractivity contribution in [3.8, 4) is 0 Å². The molecule has 1 fully saturated rings. The van der Waals surface area contributed by atoms with E-state index in [1.165, 1.54) is 22.6 Å². The van der Waals surface area contributed by atoms with Crippen LogP contribution in [0, 0.1) is 5.82 Å². The van der Waals surface area contributed by atoms with Gasteiger partial charge in [0, 0.05) is 19.6 Å². The number of halogens is 1. The van der Waals surface area contributed by atoms with Crippen molar-refractivity contribution in [1.29, 1.82) is 0 Å². The first-order valence-corrected chi connectivity index (χ1v) is 9.24. The lowest BCUT2D eigenvalue weighted by Gasteiger charge is -2.17. The minimum atomic E-state index is -3.54. The SMILES string of the molecule is CCCn1nccc1S(=O)(=O)N1CC[C@H](c2ccc(F)cc2)C1. The second-order valence-corrected chi connectivity index (χ2v) is 7.68. The van der Waals surface area contributed by atoms with Crippen molar-refractivity contribution < 1.29 is 12.8 Å². The molecule has 0 amide bonds. The third-order valence-corrected chi connectivity index (χ3v) is 6.10. The van der Waals surface area contributed by atoms with Crippen LogP contribution in [-0.4, -0.2) is 35.6 Å². The van der Waals surface area contributed by atoms with Gasteiger partial charge in [-0.2, -0.15) is 9.40 Å². The van der Waals surface area contributed by atoms with E-state index in [0.29, 0.717) is 19.6 Å². The Bertz CT molecular complexity index is 771. The molecule has 1 atom stereocenters. The van der Waals surface area contributed by atoms with Gasteiger partial charge in [0.1, 0.15) is 5.82 Å². The maximum absolute atomic E-state index is 13.0. The highest BCUT2D eigenvalue weighted by Crippen LogP contribution is 2.31. The number of aromatic nitrogens is 2. The molecule has 1 aromatic heterocycles. The summed E-state index contributed by atoms with van der Waals surface area (Å²) in [6, 6.07) is 7.86. The minimum Gasteiger partial charge on any atom is -0.253 e. The van der Waals surface area contributed by atoms with Crippen molar-refractivity contribution in [2.24, 2.45) is 0 Å². The molecule has 124 valence electrons. The lowest BCUT2D eigenvalue weighted by atomic mass is 9.99. The summed E-state index contributed by atoms with van der Waals surface area (Å²) < 4.78 is 41.7. The minimum absolute atomic E-state index is 0.105. The number of benzene rings is 1. The topological polar surface area (TPSA) is 55.2 Å². The number of nitrogens with zero attached hydrogens (tertiary/aromatic N) is 3. The van der Waals surface area contributed by atoms with Crippen LogP contribution in [0.4, 0.5) is 4.39 Å². The van der Waals surface area contributed by atoms with E-state index in [-0.39, 0.29) is 16.8 Å². The monoisotopic (exact) mass is 337 g/mol. The van der Waals surface area contributed by atoms with E-state index in [0.717, 1.165) is 18.4 Å². The van der Waals surface area contributed by atoms with E-state index in [9.17, 15) is 12.8 Å². The Morgan fingerprint density at radius 2 is 2.00 bits per heavy atom. The molecular formula is C16H20FN3O2S. The van der Waals surface area contributed by atoms with E-state index in [4.69, 9.17) is 0 Å². The Kier molecular flexibility index (Phi) is 4.50. The Labute approximate surface area is 135 Å². The summed E-state index contributed by atoms with van der Waals surface area (Å²) in [6.45, 7) is 3.46. The second-order valence-electron chi connectivity index (χ2n) is 5.79. The highest BCUT2D eigenvalue weighted by molar-refractivity contribution is 7.89. The van der Waals surface area contributed by atoms with Crippen LogP contribution >= 0.6 is 0 Å². The first-order chi connectivity index (χ1) is 11.0. The number of aryl methyl sites for hydroxylation is 1. The fourth-order valence-corrected chi connectivity index (χ4v) is 4.63. The van der Waals surface area contributed by atoms with Crippen LogP contribution in [0.25, 0.3) is 0 Å². The van der Waals surface area contributed by atoms with Gasteiger partial charge in [0.25, 0.3) is 10.0 Å². The first-order valence-electron chi connectivity index (χ1n) is 7.80. The van der Waals surface area contributed by atoms with Gasteiger partial charge in [0.15, 0.2) is 5.03 Å². The average molecular weight is 337 g/mol.